The molecule has 1 saturated heterocycles. The van der Waals surface area contributed by atoms with Gasteiger partial charge in [-0.3, -0.25) is 0 Å². The van der Waals surface area contributed by atoms with Crippen LogP contribution in [0.5, 0.6) is 0 Å². The van der Waals surface area contributed by atoms with Crippen LogP contribution in [0.3, 0.4) is 0 Å². The van der Waals surface area contributed by atoms with Crippen LogP contribution in [0, 0.1) is 13.8 Å². The zero-order chi connectivity index (χ0) is 19.9. The second-order valence-corrected chi connectivity index (χ2v) is 7.02. The Kier molecular flexibility index (Phi) is 4.68. The van der Waals surface area contributed by atoms with E-state index in [0.717, 1.165) is 18.6 Å². The molecule has 0 aliphatic carbocycles. The highest BCUT2D eigenvalue weighted by Gasteiger charge is 2.32. The summed E-state index contributed by atoms with van der Waals surface area (Å²) in [6.07, 6.45) is -3.65. The summed E-state index contributed by atoms with van der Waals surface area (Å²) in [6.45, 7) is 4.12. The average Bonchev–Trinajstić information content (AvgIpc) is 3.32. The minimum atomic E-state index is -4.37. The lowest BCUT2D eigenvalue weighted by Gasteiger charge is -2.13. The van der Waals surface area contributed by atoms with Gasteiger partial charge in [0.05, 0.1) is 5.56 Å². The van der Waals surface area contributed by atoms with E-state index < -0.39 is 11.7 Å². The Labute approximate surface area is 159 Å². The summed E-state index contributed by atoms with van der Waals surface area (Å²) in [7, 11) is 0. The second-order valence-electron chi connectivity index (χ2n) is 7.02. The Morgan fingerprint density at radius 3 is 2.43 bits per heavy atom. The van der Waals surface area contributed by atoms with Crippen molar-refractivity contribution in [2.45, 2.75) is 38.5 Å². The van der Waals surface area contributed by atoms with Crippen molar-refractivity contribution in [1.82, 2.24) is 21.0 Å². The zero-order valence-electron chi connectivity index (χ0n) is 15.3. The molecule has 5 nitrogen and oxygen atoms in total. The summed E-state index contributed by atoms with van der Waals surface area (Å²) in [6, 6.07) is 11.0. The number of aryl methyl sites for hydroxylation is 2. The molecule has 1 aliphatic rings. The molecule has 0 radical (unpaired) electrons. The lowest BCUT2D eigenvalue weighted by Crippen LogP contribution is -2.27. The maximum atomic E-state index is 12.7. The standard InChI is InChI=1S/C20H19F3N4O/c1-11-3-4-12(2)15(9-11)16-10-17(26-25-16)19-24-18(27-28-19)13-5-7-14(8-6-13)20(21,22)23/h3-9,16-17,25-26H,10H2,1-2H3. The van der Waals surface area contributed by atoms with E-state index in [-0.39, 0.29) is 17.9 Å². The van der Waals surface area contributed by atoms with Crippen LogP contribution < -0.4 is 10.9 Å². The first kappa shape index (κ1) is 18.6. The van der Waals surface area contributed by atoms with Crippen LogP contribution in [-0.4, -0.2) is 10.1 Å². The fourth-order valence-corrected chi connectivity index (χ4v) is 3.36. The molecule has 146 valence electrons. The van der Waals surface area contributed by atoms with E-state index in [2.05, 4.69) is 53.0 Å². The molecular weight excluding hydrogens is 369 g/mol. The predicted octanol–water partition coefficient (Wildman–Crippen LogP) is 4.65. The van der Waals surface area contributed by atoms with Gasteiger partial charge in [0.2, 0.25) is 11.7 Å². The molecule has 0 amide bonds. The molecule has 0 bridgehead atoms. The Bertz CT molecular complexity index is 982. The third kappa shape index (κ3) is 3.65. The van der Waals surface area contributed by atoms with Gasteiger partial charge in [-0.1, -0.05) is 41.1 Å². The highest BCUT2D eigenvalue weighted by atomic mass is 19.4. The number of alkyl halides is 3. The van der Waals surface area contributed by atoms with Crippen molar-refractivity contribution < 1.29 is 17.7 Å². The molecule has 3 aromatic rings. The van der Waals surface area contributed by atoms with Crippen molar-refractivity contribution in [3.05, 3.63) is 70.6 Å². The van der Waals surface area contributed by atoms with Crippen molar-refractivity contribution in [1.29, 1.82) is 0 Å². The first-order valence-corrected chi connectivity index (χ1v) is 8.91. The van der Waals surface area contributed by atoms with Gasteiger partial charge in [-0.15, -0.1) is 0 Å². The molecule has 1 aromatic heterocycles. The van der Waals surface area contributed by atoms with Crippen molar-refractivity contribution in [2.75, 3.05) is 0 Å². The van der Waals surface area contributed by atoms with Crippen molar-refractivity contribution >= 4 is 0 Å². The largest absolute Gasteiger partial charge is 0.416 e. The second kappa shape index (κ2) is 7.03. The molecule has 2 unspecified atom stereocenters. The monoisotopic (exact) mass is 388 g/mol. The fraction of sp³-hybridized carbons (Fsp3) is 0.300. The first-order chi connectivity index (χ1) is 13.3. The van der Waals surface area contributed by atoms with Crippen LogP contribution in [-0.2, 0) is 6.18 Å². The van der Waals surface area contributed by atoms with Gasteiger partial charge in [0.25, 0.3) is 0 Å². The fourth-order valence-electron chi connectivity index (χ4n) is 3.36. The van der Waals surface area contributed by atoms with Crippen molar-refractivity contribution in [3.63, 3.8) is 0 Å². The van der Waals surface area contributed by atoms with Gasteiger partial charge in [0.15, 0.2) is 0 Å². The summed E-state index contributed by atoms with van der Waals surface area (Å²) in [4.78, 5) is 4.36. The molecule has 1 aliphatic heterocycles. The molecule has 28 heavy (non-hydrogen) atoms. The third-order valence-electron chi connectivity index (χ3n) is 4.92. The summed E-state index contributed by atoms with van der Waals surface area (Å²) >= 11 is 0. The van der Waals surface area contributed by atoms with E-state index in [1.165, 1.54) is 28.8 Å². The number of hydrogen-bond acceptors (Lipinski definition) is 5. The molecule has 2 heterocycles. The van der Waals surface area contributed by atoms with Gasteiger partial charge < -0.3 is 4.52 Å². The number of benzene rings is 2. The third-order valence-corrected chi connectivity index (χ3v) is 4.92. The predicted molar refractivity (Wildman–Crippen MR) is 97.0 cm³/mol. The number of aromatic nitrogens is 2. The van der Waals surface area contributed by atoms with Crippen LogP contribution in [0.4, 0.5) is 13.2 Å². The highest BCUT2D eigenvalue weighted by Crippen LogP contribution is 2.33. The molecular formula is C20H19F3N4O. The molecule has 0 saturated carbocycles. The van der Waals surface area contributed by atoms with E-state index in [4.69, 9.17) is 4.52 Å². The number of hydrazine groups is 1. The maximum Gasteiger partial charge on any atom is 0.416 e. The maximum absolute atomic E-state index is 12.7. The Hall–Kier alpha value is -2.71. The number of hydrogen-bond donors (Lipinski definition) is 2. The van der Waals surface area contributed by atoms with E-state index in [0.29, 0.717) is 11.5 Å². The van der Waals surface area contributed by atoms with Gasteiger partial charge in [-0.25, -0.2) is 10.9 Å². The van der Waals surface area contributed by atoms with Gasteiger partial charge in [0.1, 0.15) is 6.04 Å². The first-order valence-electron chi connectivity index (χ1n) is 8.91. The summed E-state index contributed by atoms with van der Waals surface area (Å²) in [5, 5.41) is 3.92. The summed E-state index contributed by atoms with van der Waals surface area (Å²) in [5.74, 6) is 0.663. The minimum absolute atomic E-state index is 0.103. The van der Waals surface area contributed by atoms with Crippen LogP contribution in [0.2, 0.25) is 0 Å². The molecule has 1 fully saturated rings. The van der Waals surface area contributed by atoms with Crippen LogP contribution in [0.1, 0.15) is 46.6 Å². The Balaban J connectivity index is 1.50. The van der Waals surface area contributed by atoms with E-state index in [1.54, 1.807) is 0 Å². The zero-order valence-corrected chi connectivity index (χ0v) is 15.3. The number of rotatable bonds is 3. The molecule has 8 heteroatoms. The number of nitrogens with one attached hydrogen (secondary N) is 2. The van der Waals surface area contributed by atoms with Gasteiger partial charge in [-0.2, -0.15) is 18.2 Å². The number of nitrogens with zero attached hydrogens (tertiary/aromatic N) is 2. The SMILES string of the molecule is Cc1ccc(C)c(C2CC(c3nc(-c4ccc(C(F)(F)F)cc4)no3)NN2)c1. The molecule has 2 atom stereocenters. The van der Waals surface area contributed by atoms with E-state index in [1.807, 2.05) is 0 Å². The summed E-state index contributed by atoms with van der Waals surface area (Å²) < 4.78 is 43.4. The van der Waals surface area contributed by atoms with E-state index >= 15 is 0 Å². The normalized spacial score (nSPS) is 19.9. The Morgan fingerprint density at radius 2 is 1.71 bits per heavy atom. The quantitative estimate of drug-likeness (QED) is 0.684. The summed E-state index contributed by atoms with van der Waals surface area (Å²) in [5.41, 5.74) is 9.78. The van der Waals surface area contributed by atoms with E-state index in [9.17, 15) is 13.2 Å². The molecule has 4 rings (SSSR count). The van der Waals surface area contributed by atoms with Gasteiger partial charge in [-0.05, 0) is 43.5 Å². The minimum Gasteiger partial charge on any atom is -0.337 e. The molecule has 2 N–H and O–H groups in total. The van der Waals surface area contributed by atoms with Crippen LogP contribution >= 0.6 is 0 Å². The highest BCUT2D eigenvalue weighted by molar-refractivity contribution is 5.55. The lowest BCUT2D eigenvalue weighted by molar-refractivity contribution is -0.137. The average molecular weight is 388 g/mol. The Morgan fingerprint density at radius 1 is 1.00 bits per heavy atom. The lowest BCUT2D eigenvalue weighted by atomic mass is 9.96. The number of halogens is 3. The smallest absolute Gasteiger partial charge is 0.337 e. The molecule has 0 spiro atoms. The van der Waals surface area contributed by atoms with Crippen molar-refractivity contribution in [2.24, 2.45) is 0 Å². The topological polar surface area (TPSA) is 63.0 Å². The van der Waals surface area contributed by atoms with Gasteiger partial charge >= 0.3 is 6.18 Å². The van der Waals surface area contributed by atoms with Gasteiger partial charge in [0, 0.05) is 11.6 Å². The van der Waals surface area contributed by atoms with Crippen LogP contribution in [0.15, 0.2) is 47.0 Å². The van der Waals surface area contributed by atoms with Crippen molar-refractivity contribution in [3.8, 4) is 11.4 Å². The molecule has 2 aromatic carbocycles. The van der Waals surface area contributed by atoms with Crippen LogP contribution in [0.25, 0.3) is 11.4 Å².